The van der Waals surface area contributed by atoms with Gasteiger partial charge >= 0.3 is 0 Å². The highest BCUT2D eigenvalue weighted by molar-refractivity contribution is 5.83. The van der Waals surface area contributed by atoms with E-state index in [9.17, 15) is 0 Å². The Hall–Kier alpha value is -1.42. The second kappa shape index (κ2) is 5.06. The summed E-state index contributed by atoms with van der Waals surface area (Å²) in [5.74, 6) is 1.33. The molecule has 0 saturated heterocycles. The van der Waals surface area contributed by atoms with Crippen LogP contribution in [0.2, 0.25) is 0 Å². The molecule has 2 heterocycles. The predicted octanol–water partition coefficient (Wildman–Crippen LogP) is 2.16. The van der Waals surface area contributed by atoms with Gasteiger partial charge in [-0.1, -0.05) is 20.8 Å². The Morgan fingerprint density at radius 1 is 1.33 bits per heavy atom. The van der Waals surface area contributed by atoms with Crippen LogP contribution in [0, 0.1) is 0 Å². The first-order chi connectivity index (χ1) is 8.58. The second-order valence-corrected chi connectivity index (χ2v) is 5.04. The van der Waals surface area contributed by atoms with E-state index in [2.05, 4.69) is 36.5 Å². The molecule has 0 fully saturated rings. The van der Waals surface area contributed by atoms with E-state index < -0.39 is 0 Å². The van der Waals surface area contributed by atoms with E-state index in [1.807, 2.05) is 7.05 Å². The van der Waals surface area contributed by atoms with E-state index in [1.54, 1.807) is 0 Å². The van der Waals surface area contributed by atoms with Gasteiger partial charge in [-0.2, -0.15) is 0 Å². The number of hydrogen-bond acceptors (Lipinski definition) is 3. The molecule has 0 aliphatic heterocycles. The van der Waals surface area contributed by atoms with Crippen molar-refractivity contribution >= 4 is 11.0 Å². The zero-order chi connectivity index (χ0) is 13.3. The standard InChI is InChI=1S/C14H22N4/c1-5-11-16-13(9(2)3)12-10(6-7-15)8-18(4)14(12)17-11/h8-9H,5-7,15H2,1-4H3. The quantitative estimate of drug-likeness (QED) is 0.899. The van der Waals surface area contributed by atoms with Crippen LogP contribution in [0.1, 0.15) is 43.8 Å². The van der Waals surface area contributed by atoms with Gasteiger partial charge in [0.1, 0.15) is 11.5 Å². The SMILES string of the molecule is CCc1nc(C(C)C)c2c(CCN)cn(C)c2n1. The van der Waals surface area contributed by atoms with Gasteiger partial charge in [0.25, 0.3) is 0 Å². The van der Waals surface area contributed by atoms with Crippen LogP contribution in [-0.2, 0) is 19.9 Å². The van der Waals surface area contributed by atoms with E-state index in [0.29, 0.717) is 12.5 Å². The van der Waals surface area contributed by atoms with Crippen LogP contribution in [0.15, 0.2) is 6.20 Å². The first-order valence-electron chi connectivity index (χ1n) is 6.63. The Morgan fingerprint density at radius 3 is 2.61 bits per heavy atom. The number of aromatic nitrogens is 3. The molecule has 0 spiro atoms. The average Bonchev–Trinajstić information content (AvgIpc) is 2.66. The fourth-order valence-corrected chi connectivity index (χ4v) is 2.36. The van der Waals surface area contributed by atoms with Crippen molar-refractivity contribution in [1.29, 1.82) is 0 Å². The number of aryl methyl sites for hydroxylation is 2. The summed E-state index contributed by atoms with van der Waals surface area (Å²) in [5, 5.41) is 1.20. The number of hydrogen-bond donors (Lipinski definition) is 1. The Morgan fingerprint density at radius 2 is 2.06 bits per heavy atom. The molecule has 0 amide bonds. The van der Waals surface area contributed by atoms with E-state index in [1.165, 1.54) is 10.9 Å². The molecular formula is C14H22N4. The van der Waals surface area contributed by atoms with Gasteiger partial charge in [0.05, 0.1) is 5.69 Å². The molecule has 2 N–H and O–H groups in total. The van der Waals surface area contributed by atoms with Gasteiger partial charge in [-0.25, -0.2) is 9.97 Å². The molecule has 0 unspecified atom stereocenters. The number of rotatable bonds is 4. The molecule has 4 heteroatoms. The summed E-state index contributed by atoms with van der Waals surface area (Å²) in [6.45, 7) is 7.11. The minimum absolute atomic E-state index is 0.403. The van der Waals surface area contributed by atoms with Crippen LogP contribution >= 0.6 is 0 Å². The van der Waals surface area contributed by atoms with Gasteiger partial charge in [-0.15, -0.1) is 0 Å². The highest BCUT2D eigenvalue weighted by atomic mass is 15.0. The monoisotopic (exact) mass is 246 g/mol. The second-order valence-electron chi connectivity index (χ2n) is 5.04. The summed E-state index contributed by atoms with van der Waals surface area (Å²) >= 11 is 0. The topological polar surface area (TPSA) is 56.7 Å². The highest BCUT2D eigenvalue weighted by Gasteiger charge is 2.16. The van der Waals surface area contributed by atoms with Crippen molar-refractivity contribution < 1.29 is 0 Å². The van der Waals surface area contributed by atoms with Gasteiger partial charge in [-0.3, -0.25) is 0 Å². The molecule has 0 aliphatic carbocycles. The Balaban J connectivity index is 2.76. The van der Waals surface area contributed by atoms with Crippen molar-refractivity contribution in [2.24, 2.45) is 12.8 Å². The molecular weight excluding hydrogens is 224 g/mol. The maximum atomic E-state index is 5.69. The van der Waals surface area contributed by atoms with Crippen LogP contribution in [0.25, 0.3) is 11.0 Å². The van der Waals surface area contributed by atoms with Gasteiger partial charge in [0.2, 0.25) is 0 Å². The molecule has 2 aromatic heterocycles. The van der Waals surface area contributed by atoms with E-state index in [0.717, 1.165) is 30.0 Å². The summed E-state index contributed by atoms with van der Waals surface area (Å²) in [6.07, 6.45) is 3.89. The molecule has 0 aromatic carbocycles. The van der Waals surface area contributed by atoms with Crippen LogP contribution in [-0.4, -0.2) is 21.1 Å². The molecule has 0 atom stereocenters. The minimum Gasteiger partial charge on any atom is -0.335 e. The van der Waals surface area contributed by atoms with Crippen molar-refractivity contribution in [2.45, 2.75) is 39.5 Å². The lowest BCUT2D eigenvalue weighted by Gasteiger charge is -2.10. The van der Waals surface area contributed by atoms with Gasteiger partial charge < -0.3 is 10.3 Å². The predicted molar refractivity (Wildman–Crippen MR) is 74.7 cm³/mol. The summed E-state index contributed by atoms with van der Waals surface area (Å²) < 4.78 is 2.09. The highest BCUT2D eigenvalue weighted by Crippen LogP contribution is 2.27. The summed E-state index contributed by atoms with van der Waals surface area (Å²) in [7, 11) is 2.04. The fourth-order valence-electron chi connectivity index (χ4n) is 2.36. The number of nitrogens with two attached hydrogens (primary N) is 1. The Bertz CT molecular complexity index is 554. The Labute approximate surface area is 108 Å². The summed E-state index contributed by atoms with van der Waals surface area (Å²) in [6, 6.07) is 0. The fraction of sp³-hybridized carbons (Fsp3) is 0.571. The molecule has 2 rings (SSSR count). The number of nitrogens with zero attached hydrogens (tertiary/aromatic N) is 3. The molecule has 0 saturated carbocycles. The third-order valence-corrected chi connectivity index (χ3v) is 3.25. The van der Waals surface area contributed by atoms with Gasteiger partial charge in [0, 0.05) is 25.1 Å². The molecule has 0 bridgehead atoms. The van der Waals surface area contributed by atoms with Crippen molar-refractivity contribution in [3.63, 3.8) is 0 Å². The normalized spacial score (nSPS) is 11.7. The zero-order valence-corrected chi connectivity index (χ0v) is 11.7. The van der Waals surface area contributed by atoms with Crippen molar-refractivity contribution in [2.75, 3.05) is 6.54 Å². The summed E-state index contributed by atoms with van der Waals surface area (Å²) in [4.78, 5) is 9.36. The molecule has 0 radical (unpaired) electrons. The van der Waals surface area contributed by atoms with Crippen molar-refractivity contribution in [3.05, 3.63) is 23.3 Å². The third-order valence-electron chi connectivity index (χ3n) is 3.25. The lowest BCUT2D eigenvalue weighted by atomic mass is 10.0. The minimum atomic E-state index is 0.403. The van der Waals surface area contributed by atoms with Gasteiger partial charge in [-0.05, 0) is 24.4 Å². The molecule has 4 nitrogen and oxygen atoms in total. The van der Waals surface area contributed by atoms with E-state index in [4.69, 9.17) is 10.7 Å². The average molecular weight is 246 g/mol. The Kier molecular flexibility index (Phi) is 3.66. The van der Waals surface area contributed by atoms with Crippen LogP contribution in [0.5, 0.6) is 0 Å². The third kappa shape index (κ3) is 2.12. The van der Waals surface area contributed by atoms with E-state index in [-0.39, 0.29) is 0 Å². The lowest BCUT2D eigenvalue weighted by molar-refractivity contribution is 0.797. The molecule has 98 valence electrons. The first-order valence-corrected chi connectivity index (χ1v) is 6.63. The van der Waals surface area contributed by atoms with Crippen molar-refractivity contribution in [1.82, 2.24) is 14.5 Å². The summed E-state index contributed by atoms with van der Waals surface area (Å²) in [5.41, 5.74) is 9.15. The lowest BCUT2D eigenvalue weighted by Crippen LogP contribution is -2.05. The largest absolute Gasteiger partial charge is 0.335 e. The maximum absolute atomic E-state index is 5.69. The first kappa shape index (κ1) is 13.0. The molecule has 2 aromatic rings. The number of fused-ring (bicyclic) bond motifs is 1. The van der Waals surface area contributed by atoms with Crippen LogP contribution in [0.4, 0.5) is 0 Å². The zero-order valence-electron chi connectivity index (χ0n) is 11.7. The van der Waals surface area contributed by atoms with Crippen LogP contribution in [0.3, 0.4) is 0 Å². The molecule has 18 heavy (non-hydrogen) atoms. The smallest absolute Gasteiger partial charge is 0.143 e. The maximum Gasteiger partial charge on any atom is 0.143 e. The van der Waals surface area contributed by atoms with Gasteiger partial charge in [0.15, 0.2) is 0 Å². The van der Waals surface area contributed by atoms with Crippen LogP contribution < -0.4 is 5.73 Å². The van der Waals surface area contributed by atoms with E-state index >= 15 is 0 Å². The van der Waals surface area contributed by atoms with Crippen molar-refractivity contribution in [3.8, 4) is 0 Å². The molecule has 0 aliphatic rings.